The van der Waals surface area contributed by atoms with Crippen LogP contribution >= 0.6 is 15.9 Å². The molecule has 0 radical (unpaired) electrons. The van der Waals surface area contributed by atoms with E-state index in [9.17, 15) is 4.79 Å². The van der Waals surface area contributed by atoms with Gasteiger partial charge in [0.15, 0.2) is 5.78 Å². The van der Waals surface area contributed by atoms with Crippen molar-refractivity contribution in [3.05, 3.63) is 48.0 Å². The van der Waals surface area contributed by atoms with Crippen molar-refractivity contribution in [2.45, 2.75) is 19.9 Å². The molecule has 20 heavy (non-hydrogen) atoms. The third kappa shape index (κ3) is 2.06. The van der Waals surface area contributed by atoms with Gasteiger partial charge in [0.2, 0.25) is 0 Å². The molecule has 0 bridgehead atoms. The summed E-state index contributed by atoms with van der Waals surface area (Å²) < 4.78 is 2.30. The molecule has 1 aromatic heterocycles. The highest BCUT2D eigenvalue weighted by molar-refractivity contribution is 9.09. The molecule has 102 valence electrons. The number of fused-ring (bicyclic) bond motifs is 3. The highest BCUT2D eigenvalue weighted by Crippen LogP contribution is 2.29. The van der Waals surface area contributed by atoms with Crippen molar-refractivity contribution < 1.29 is 4.79 Å². The Bertz CT molecular complexity index is 788. The van der Waals surface area contributed by atoms with Gasteiger partial charge in [-0.1, -0.05) is 34.1 Å². The number of aromatic nitrogens is 1. The first-order valence-electron chi connectivity index (χ1n) is 6.86. The van der Waals surface area contributed by atoms with Crippen LogP contribution < -0.4 is 0 Å². The van der Waals surface area contributed by atoms with E-state index in [2.05, 4.69) is 57.8 Å². The smallest absolute Gasteiger partial charge is 0.163 e. The predicted octanol–water partition coefficient (Wildman–Crippen LogP) is 4.78. The quantitative estimate of drug-likeness (QED) is 0.498. The van der Waals surface area contributed by atoms with Gasteiger partial charge in [0.1, 0.15) is 0 Å². The van der Waals surface area contributed by atoms with Crippen LogP contribution in [0.5, 0.6) is 0 Å². The van der Waals surface area contributed by atoms with Crippen molar-refractivity contribution in [2.75, 3.05) is 5.33 Å². The lowest BCUT2D eigenvalue weighted by Crippen LogP contribution is -1.99. The van der Waals surface area contributed by atoms with E-state index in [0.717, 1.165) is 12.1 Å². The normalized spacial score (nSPS) is 11.3. The molecule has 0 aliphatic heterocycles. The fourth-order valence-electron chi connectivity index (χ4n) is 2.80. The van der Waals surface area contributed by atoms with Gasteiger partial charge < -0.3 is 4.57 Å². The number of ketones is 1. The van der Waals surface area contributed by atoms with E-state index >= 15 is 0 Å². The monoisotopic (exact) mass is 329 g/mol. The van der Waals surface area contributed by atoms with Crippen LogP contribution in [-0.4, -0.2) is 15.7 Å². The Balaban J connectivity index is 2.28. The van der Waals surface area contributed by atoms with E-state index in [4.69, 9.17) is 0 Å². The van der Waals surface area contributed by atoms with Crippen LogP contribution in [0.3, 0.4) is 0 Å². The molecule has 3 heteroatoms. The van der Waals surface area contributed by atoms with Crippen LogP contribution in [0.2, 0.25) is 0 Å². The molecule has 2 nitrogen and oxygen atoms in total. The second-order valence-corrected chi connectivity index (χ2v) is 5.65. The second kappa shape index (κ2) is 5.41. The van der Waals surface area contributed by atoms with Gasteiger partial charge in [0.05, 0.1) is 0 Å². The van der Waals surface area contributed by atoms with Crippen molar-refractivity contribution >= 4 is 43.5 Å². The number of carbonyl (C=O) groups is 1. The van der Waals surface area contributed by atoms with Crippen molar-refractivity contribution in [2.24, 2.45) is 0 Å². The minimum atomic E-state index is 0.192. The highest BCUT2D eigenvalue weighted by Gasteiger charge is 2.12. The molecule has 0 aliphatic rings. The Kier molecular flexibility index (Phi) is 3.62. The van der Waals surface area contributed by atoms with Crippen molar-refractivity contribution in [3.8, 4) is 0 Å². The Labute approximate surface area is 126 Å². The van der Waals surface area contributed by atoms with Crippen molar-refractivity contribution in [3.63, 3.8) is 0 Å². The minimum Gasteiger partial charge on any atom is -0.341 e. The van der Waals surface area contributed by atoms with Gasteiger partial charge in [0, 0.05) is 45.7 Å². The van der Waals surface area contributed by atoms with E-state index in [0.29, 0.717) is 11.8 Å². The zero-order chi connectivity index (χ0) is 14.1. The van der Waals surface area contributed by atoms with Gasteiger partial charge in [-0.2, -0.15) is 0 Å². The number of nitrogens with zero attached hydrogens (tertiary/aromatic N) is 1. The lowest BCUT2D eigenvalue weighted by Gasteiger charge is -2.03. The van der Waals surface area contributed by atoms with E-state index in [1.54, 1.807) is 0 Å². The fourth-order valence-corrected chi connectivity index (χ4v) is 3.16. The third-order valence-electron chi connectivity index (χ3n) is 3.73. The third-order valence-corrected chi connectivity index (χ3v) is 4.13. The lowest BCUT2D eigenvalue weighted by atomic mass is 10.1. The zero-order valence-electron chi connectivity index (χ0n) is 11.4. The number of carbonyl (C=O) groups excluding carboxylic acids is 1. The Morgan fingerprint density at radius 3 is 2.60 bits per heavy atom. The average molecular weight is 330 g/mol. The van der Waals surface area contributed by atoms with Gasteiger partial charge in [-0.05, 0) is 31.2 Å². The van der Waals surface area contributed by atoms with Crippen LogP contribution in [0, 0.1) is 0 Å². The number of halogens is 1. The predicted molar refractivity (Wildman–Crippen MR) is 87.9 cm³/mol. The number of rotatable bonds is 4. The van der Waals surface area contributed by atoms with Gasteiger partial charge in [-0.15, -0.1) is 0 Å². The van der Waals surface area contributed by atoms with E-state index in [-0.39, 0.29) is 5.78 Å². The van der Waals surface area contributed by atoms with Crippen LogP contribution in [0.15, 0.2) is 42.5 Å². The van der Waals surface area contributed by atoms with Gasteiger partial charge in [0.25, 0.3) is 0 Å². The van der Waals surface area contributed by atoms with E-state index < -0.39 is 0 Å². The largest absolute Gasteiger partial charge is 0.341 e. The molecule has 0 amide bonds. The summed E-state index contributed by atoms with van der Waals surface area (Å²) in [6.07, 6.45) is 0.540. The highest BCUT2D eigenvalue weighted by atomic mass is 79.9. The van der Waals surface area contributed by atoms with Crippen LogP contribution in [0.25, 0.3) is 21.8 Å². The molecule has 0 spiro atoms. The average Bonchev–Trinajstić information content (AvgIpc) is 2.80. The maximum absolute atomic E-state index is 12.1. The van der Waals surface area contributed by atoms with E-state index in [1.165, 1.54) is 21.8 Å². The number of hydrogen-bond acceptors (Lipinski definition) is 1. The Morgan fingerprint density at radius 1 is 1.10 bits per heavy atom. The standard InChI is InChI=1S/C17H16BrNO/c1-2-19-15-6-4-3-5-13(15)14-11-12(7-8-16(14)19)17(20)9-10-18/h3-8,11H,2,9-10H2,1H3. The van der Waals surface area contributed by atoms with Crippen LogP contribution in [-0.2, 0) is 6.54 Å². The molecule has 0 aliphatic carbocycles. The van der Waals surface area contributed by atoms with Gasteiger partial charge in [-0.3, -0.25) is 4.79 Å². The molecule has 0 saturated carbocycles. The number of alkyl halides is 1. The summed E-state index contributed by atoms with van der Waals surface area (Å²) in [7, 11) is 0. The summed E-state index contributed by atoms with van der Waals surface area (Å²) in [5.74, 6) is 0.192. The maximum atomic E-state index is 12.1. The van der Waals surface area contributed by atoms with Crippen LogP contribution in [0.1, 0.15) is 23.7 Å². The molecule has 0 saturated heterocycles. The van der Waals surface area contributed by atoms with Gasteiger partial charge >= 0.3 is 0 Å². The minimum absolute atomic E-state index is 0.192. The second-order valence-electron chi connectivity index (χ2n) is 4.86. The Morgan fingerprint density at radius 2 is 1.85 bits per heavy atom. The molecular weight excluding hydrogens is 314 g/mol. The van der Waals surface area contributed by atoms with Crippen molar-refractivity contribution in [1.82, 2.24) is 4.57 Å². The number of benzene rings is 2. The molecule has 3 rings (SSSR count). The summed E-state index contributed by atoms with van der Waals surface area (Å²) in [4.78, 5) is 12.1. The molecule has 1 heterocycles. The summed E-state index contributed by atoms with van der Waals surface area (Å²) in [6.45, 7) is 3.08. The summed E-state index contributed by atoms with van der Waals surface area (Å²) in [5.41, 5.74) is 3.23. The first-order valence-corrected chi connectivity index (χ1v) is 7.98. The number of aryl methyl sites for hydroxylation is 1. The summed E-state index contributed by atoms with van der Waals surface area (Å²) in [6, 6.07) is 14.4. The Hall–Kier alpha value is -1.61. The number of hydrogen-bond donors (Lipinski definition) is 0. The molecule has 0 atom stereocenters. The maximum Gasteiger partial charge on any atom is 0.163 e. The molecule has 0 N–H and O–H groups in total. The number of Topliss-reactive ketones (excluding diaryl/α,β-unsaturated/α-hetero) is 1. The first kappa shape index (κ1) is 13.4. The van der Waals surface area contributed by atoms with E-state index in [1.807, 2.05) is 12.1 Å². The molecule has 0 unspecified atom stereocenters. The van der Waals surface area contributed by atoms with Crippen LogP contribution in [0.4, 0.5) is 0 Å². The summed E-state index contributed by atoms with van der Waals surface area (Å²) >= 11 is 3.33. The molecular formula is C17H16BrNO. The number of para-hydroxylation sites is 1. The van der Waals surface area contributed by atoms with Crippen molar-refractivity contribution in [1.29, 1.82) is 0 Å². The van der Waals surface area contributed by atoms with Gasteiger partial charge in [-0.25, -0.2) is 0 Å². The molecule has 0 fully saturated rings. The lowest BCUT2D eigenvalue weighted by molar-refractivity contribution is 0.0990. The zero-order valence-corrected chi connectivity index (χ0v) is 13.0. The molecule has 2 aromatic carbocycles. The SMILES string of the molecule is CCn1c2ccccc2c2cc(C(=O)CCBr)ccc21. The molecule has 3 aromatic rings. The fraction of sp³-hybridized carbons (Fsp3) is 0.235. The summed E-state index contributed by atoms with van der Waals surface area (Å²) in [5, 5.41) is 3.10. The topological polar surface area (TPSA) is 22.0 Å². The first-order chi connectivity index (χ1) is 9.76.